The number of esters is 1. The summed E-state index contributed by atoms with van der Waals surface area (Å²) in [5.41, 5.74) is 4.17. The highest BCUT2D eigenvalue weighted by Crippen LogP contribution is 2.56. The van der Waals surface area contributed by atoms with Crippen LogP contribution in [-0.4, -0.2) is 16.6 Å². The van der Waals surface area contributed by atoms with Crippen LogP contribution in [0.3, 0.4) is 0 Å². The minimum atomic E-state index is -0.0495. The van der Waals surface area contributed by atoms with Gasteiger partial charge >= 0.3 is 5.97 Å². The van der Waals surface area contributed by atoms with E-state index in [9.17, 15) is 4.79 Å². The largest absolute Gasteiger partial charge is 0.489 e. The van der Waals surface area contributed by atoms with Crippen molar-refractivity contribution in [3.8, 4) is 0 Å². The minimum absolute atomic E-state index is 0.0134. The number of rotatable bonds is 2. The molecule has 5 rings (SSSR count). The number of hydrogen-bond acceptors (Lipinski definition) is 3. The van der Waals surface area contributed by atoms with Crippen molar-refractivity contribution in [1.29, 1.82) is 0 Å². The van der Waals surface area contributed by atoms with E-state index in [2.05, 4.69) is 38.0 Å². The Bertz CT molecular complexity index is 794. The van der Waals surface area contributed by atoms with E-state index in [0.29, 0.717) is 17.8 Å². The Hall–Kier alpha value is -1.71. The first-order valence-electron chi connectivity index (χ1n) is 10.8. The molecule has 0 unspecified atom stereocenters. The standard InChI is InChI=1S/C23H31NO3/c1-5-15-16-8-6-7-9-24-18(19-10-12(2)14(4)26-19)11-17(21(16)24)20-13(3)23(25)27-22(15)20/h11-13,15-16,19-20,22H,4-10H2,1-3H3/t12-,13-,15+,16-,19+,20-,22+/m0/s1. The Balaban J connectivity index is 1.67. The second kappa shape index (κ2) is 6.15. The molecule has 7 atom stereocenters. The van der Waals surface area contributed by atoms with Crippen molar-refractivity contribution in [2.45, 2.75) is 83.5 Å². The molecule has 3 aliphatic heterocycles. The zero-order chi connectivity index (χ0) is 18.9. The molecule has 4 heterocycles. The smallest absolute Gasteiger partial charge is 0.309 e. The van der Waals surface area contributed by atoms with Gasteiger partial charge in [0.15, 0.2) is 0 Å². The maximum Gasteiger partial charge on any atom is 0.309 e. The number of allylic oxidation sites excluding steroid dienone is 1. The van der Waals surface area contributed by atoms with Crippen LogP contribution in [0.1, 0.15) is 87.8 Å². The normalized spacial score (nSPS) is 40.2. The fourth-order valence-corrected chi connectivity index (χ4v) is 6.26. The maximum absolute atomic E-state index is 12.5. The Kier molecular flexibility index (Phi) is 3.96. The van der Waals surface area contributed by atoms with Gasteiger partial charge in [-0.2, -0.15) is 0 Å². The number of aromatic nitrogens is 1. The number of ether oxygens (including phenoxy) is 2. The van der Waals surface area contributed by atoms with Crippen molar-refractivity contribution in [1.82, 2.24) is 4.57 Å². The topological polar surface area (TPSA) is 40.5 Å². The molecule has 146 valence electrons. The first kappa shape index (κ1) is 17.4. The third-order valence-electron chi connectivity index (χ3n) is 7.73. The molecule has 0 radical (unpaired) electrons. The molecule has 4 heteroatoms. The van der Waals surface area contributed by atoms with Gasteiger partial charge in [-0.25, -0.2) is 0 Å². The highest BCUT2D eigenvalue weighted by atomic mass is 16.6. The van der Waals surface area contributed by atoms with Gasteiger partial charge in [-0.05, 0) is 37.3 Å². The lowest BCUT2D eigenvalue weighted by atomic mass is 9.66. The number of fused-ring (bicyclic) bond motifs is 2. The molecule has 0 N–H and O–H groups in total. The van der Waals surface area contributed by atoms with Gasteiger partial charge in [0.25, 0.3) is 0 Å². The summed E-state index contributed by atoms with van der Waals surface area (Å²) in [5, 5.41) is 0. The summed E-state index contributed by atoms with van der Waals surface area (Å²) in [6, 6.07) is 2.37. The van der Waals surface area contributed by atoms with Crippen molar-refractivity contribution in [3.05, 3.63) is 35.4 Å². The molecule has 27 heavy (non-hydrogen) atoms. The molecule has 2 fully saturated rings. The third kappa shape index (κ3) is 2.37. The second-order valence-corrected chi connectivity index (χ2v) is 9.16. The zero-order valence-electron chi connectivity index (χ0n) is 16.7. The summed E-state index contributed by atoms with van der Waals surface area (Å²) in [6.45, 7) is 11.7. The highest BCUT2D eigenvalue weighted by molar-refractivity contribution is 5.77. The summed E-state index contributed by atoms with van der Waals surface area (Å²) in [5.74, 6) is 2.40. The van der Waals surface area contributed by atoms with Gasteiger partial charge in [-0.1, -0.05) is 33.8 Å². The van der Waals surface area contributed by atoms with Crippen LogP contribution < -0.4 is 0 Å². The quantitative estimate of drug-likeness (QED) is 0.685. The summed E-state index contributed by atoms with van der Waals surface area (Å²) in [6.07, 6.45) is 5.89. The second-order valence-electron chi connectivity index (χ2n) is 9.16. The molecular weight excluding hydrogens is 338 g/mol. The van der Waals surface area contributed by atoms with E-state index in [4.69, 9.17) is 9.47 Å². The molecule has 0 amide bonds. The average molecular weight is 370 g/mol. The first-order chi connectivity index (χ1) is 13.0. The lowest BCUT2D eigenvalue weighted by Gasteiger charge is -2.39. The van der Waals surface area contributed by atoms with Gasteiger partial charge in [0.2, 0.25) is 0 Å². The molecule has 0 bridgehead atoms. The van der Waals surface area contributed by atoms with Crippen molar-refractivity contribution in [2.24, 2.45) is 17.8 Å². The minimum Gasteiger partial charge on any atom is -0.489 e. The van der Waals surface area contributed by atoms with Crippen LogP contribution >= 0.6 is 0 Å². The third-order valence-corrected chi connectivity index (χ3v) is 7.73. The van der Waals surface area contributed by atoms with Crippen molar-refractivity contribution in [3.63, 3.8) is 0 Å². The predicted molar refractivity (Wildman–Crippen MR) is 103 cm³/mol. The van der Waals surface area contributed by atoms with E-state index in [0.717, 1.165) is 25.1 Å². The fraction of sp³-hybridized carbons (Fsp3) is 0.696. The first-order valence-corrected chi connectivity index (χ1v) is 10.8. The van der Waals surface area contributed by atoms with E-state index in [1.54, 1.807) is 0 Å². The Morgan fingerprint density at radius 3 is 2.78 bits per heavy atom. The lowest BCUT2D eigenvalue weighted by Crippen LogP contribution is -2.36. The van der Waals surface area contributed by atoms with Crippen LogP contribution in [0.15, 0.2) is 18.4 Å². The molecule has 0 spiro atoms. The van der Waals surface area contributed by atoms with E-state index >= 15 is 0 Å². The molecule has 0 saturated carbocycles. The molecule has 4 nitrogen and oxygen atoms in total. The Morgan fingerprint density at radius 2 is 2.07 bits per heavy atom. The maximum atomic E-state index is 12.5. The highest BCUT2D eigenvalue weighted by Gasteiger charge is 2.54. The van der Waals surface area contributed by atoms with Gasteiger partial charge in [-0.3, -0.25) is 4.79 Å². The molecule has 0 aromatic carbocycles. The summed E-state index contributed by atoms with van der Waals surface area (Å²) in [7, 11) is 0. The van der Waals surface area contributed by atoms with Crippen LogP contribution in [-0.2, 0) is 20.8 Å². The number of nitrogens with zero attached hydrogens (tertiary/aromatic N) is 1. The van der Waals surface area contributed by atoms with Crippen molar-refractivity contribution < 1.29 is 14.3 Å². The lowest BCUT2D eigenvalue weighted by molar-refractivity contribution is -0.146. The van der Waals surface area contributed by atoms with Gasteiger partial charge in [0, 0.05) is 35.9 Å². The van der Waals surface area contributed by atoms with Crippen molar-refractivity contribution in [2.75, 3.05) is 0 Å². The molecule has 1 aromatic heterocycles. The summed E-state index contributed by atoms with van der Waals surface area (Å²) in [4.78, 5) is 12.5. The summed E-state index contributed by atoms with van der Waals surface area (Å²) < 4.78 is 14.7. The van der Waals surface area contributed by atoms with Crippen LogP contribution in [0.25, 0.3) is 0 Å². The van der Waals surface area contributed by atoms with Crippen LogP contribution in [0.5, 0.6) is 0 Å². The van der Waals surface area contributed by atoms with Crippen LogP contribution in [0.4, 0.5) is 0 Å². The van der Waals surface area contributed by atoms with E-state index in [1.165, 1.54) is 36.2 Å². The number of carbonyl (C=O) groups is 1. The number of carbonyl (C=O) groups excluding carboxylic acids is 1. The van der Waals surface area contributed by atoms with E-state index in [1.807, 2.05) is 0 Å². The molecule has 4 aliphatic rings. The Labute approximate surface area is 161 Å². The fourth-order valence-electron chi connectivity index (χ4n) is 6.26. The Morgan fingerprint density at radius 1 is 1.26 bits per heavy atom. The number of hydrogen-bond donors (Lipinski definition) is 0. The summed E-state index contributed by atoms with van der Waals surface area (Å²) >= 11 is 0. The van der Waals surface area contributed by atoms with Gasteiger partial charge in [-0.15, -0.1) is 0 Å². The van der Waals surface area contributed by atoms with Crippen molar-refractivity contribution >= 4 is 5.97 Å². The zero-order valence-corrected chi connectivity index (χ0v) is 16.7. The molecule has 1 aromatic rings. The molecular formula is C23H31NO3. The monoisotopic (exact) mass is 369 g/mol. The van der Waals surface area contributed by atoms with Gasteiger partial charge in [0.05, 0.1) is 17.4 Å². The van der Waals surface area contributed by atoms with Crippen LogP contribution in [0, 0.1) is 17.8 Å². The van der Waals surface area contributed by atoms with Gasteiger partial charge < -0.3 is 14.0 Å². The van der Waals surface area contributed by atoms with E-state index in [-0.39, 0.29) is 30.0 Å². The van der Waals surface area contributed by atoms with E-state index < -0.39 is 0 Å². The van der Waals surface area contributed by atoms with Crippen LogP contribution in [0.2, 0.25) is 0 Å². The molecule has 2 saturated heterocycles. The average Bonchev–Trinajstić information content (AvgIpc) is 3.20. The van der Waals surface area contributed by atoms with Gasteiger partial charge in [0.1, 0.15) is 12.2 Å². The SMILES string of the molecule is C=C1O[C@@H](c2cc3c4n2CCCC[C@H]4[C@@H](CC)[C@H]2OC(=O)[C@@H](C)[C@@H]32)C[C@@H]1C. The predicted octanol–water partition coefficient (Wildman–Crippen LogP) is 5.05. The molecule has 1 aliphatic carbocycles.